The van der Waals surface area contributed by atoms with E-state index in [1.54, 1.807) is 55.5 Å². The Kier molecular flexibility index (Phi) is 7.41. The number of carbonyl (C=O) groups is 1. The fourth-order valence-corrected chi connectivity index (χ4v) is 5.48. The minimum absolute atomic E-state index is 0.0159. The number of allylic oxidation sites excluding steroid dienone is 1. The van der Waals surface area contributed by atoms with Gasteiger partial charge in [0.05, 0.1) is 30.4 Å². The van der Waals surface area contributed by atoms with E-state index in [0.29, 0.717) is 39.0 Å². The summed E-state index contributed by atoms with van der Waals surface area (Å²) in [4.78, 5) is 30.7. The summed E-state index contributed by atoms with van der Waals surface area (Å²) >= 11 is 0. The van der Waals surface area contributed by atoms with Crippen molar-refractivity contribution in [2.45, 2.75) is 26.2 Å². The highest BCUT2D eigenvalue weighted by Gasteiger charge is 2.37. The van der Waals surface area contributed by atoms with Crippen LogP contribution in [0.1, 0.15) is 33.7 Å². The van der Waals surface area contributed by atoms with Crippen LogP contribution < -0.4 is 20.4 Å². The second-order valence-corrected chi connectivity index (χ2v) is 10.5. The molecule has 1 N–H and O–H groups in total. The number of nitrogens with one attached hydrogen (secondary N) is 1. The highest BCUT2D eigenvalue weighted by atomic mass is 19.1. The van der Waals surface area contributed by atoms with Crippen LogP contribution in [0.3, 0.4) is 0 Å². The van der Waals surface area contributed by atoms with E-state index in [2.05, 4.69) is 16.4 Å². The predicted octanol–water partition coefficient (Wildman–Crippen LogP) is 6.24. The number of benzene rings is 3. The quantitative estimate of drug-likeness (QED) is 0.185. The van der Waals surface area contributed by atoms with Crippen molar-refractivity contribution in [1.29, 1.82) is 5.26 Å². The largest absolute Gasteiger partial charge is 0.496 e. The van der Waals surface area contributed by atoms with Crippen molar-refractivity contribution in [3.63, 3.8) is 0 Å². The molecule has 0 bridgehead atoms. The maximum atomic E-state index is 14.0. The molecular formula is C35H26FN3O5. The van der Waals surface area contributed by atoms with E-state index in [1.807, 2.05) is 31.2 Å². The van der Waals surface area contributed by atoms with Crippen LogP contribution in [-0.4, -0.2) is 18.0 Å². The Morgan fingerprint density at radius 2 is 1.91 bits per heavy atom. The molecule has 6 rings (SSSR count). The summed E-state index contributed by atoms with van der Waals surface area (Å²) in [6.45, 7) is 3.54. The first-order valence-corrected chi connectivity index (χ1v) is 13.8. The Balaban J connectivity index is 1.53. The zero-order valence-electron chi connectivity index (χ0n) is 24.1. The van der Waals surface area contributed by atoms with Crippen LogP contribution in [0.5, 0.6) is 11.5 Å². The van der Waals surface area contributed by atoms with E-state index >= 15 is 0 Å². The summed E-state index contributed by atoms with van der Waals surface area (Å²) in [7, 11) is 1.51. The molecule has 3 aromatic carbocycles. The molecule has 0 saturated heterocycles. The first kappa shape index (κ1) is 28.4. The molecule has 1 aliphatic heterocycles. The second kappa shape index (κ2) is 11.5. The number of aromatic nitrogens is 1. The predicted molar refractivity (Wildman–Crippen MR) is 162 cm³/mol. The average Bonchev–Trinajstić information content (AvgIpc) is 3.01. The van der Waals surface area contributed by atoms with Crippen LogP contribution in [-0.2, 0) is 11.2 Å². The maximum absolute atomic E-state index is 14.0. The van der Waals surface area contributed by atoms with Gasteiger partial charge in [-0.15, -0.1) is 0 Å². The highest BCUT2D eigenvalue weighted by molar-refractivity contribution is 5.87. The van der Waals surface area contributed by atoms with E-state index in [4.69, 9.17) is 13.9 Å². The Hall–Kier alpha value is -5.75. The molecule has 5 aromatic rings. The van der Waals surface area contributed by atoms with Crippen molar-refractivity contribution in [3.8, 4) is 28.7 Å². The topological polar surface area (TPSA) is 114 Å². The molecular weight excluding hydrogens is 561 g/mol. The zero-order valence-corrected chi connectivity index (χ0v) is 24.1. The van der Waals surface area contributed by atoms with Crippen molar-refractivity contribution < 1.29 is 23.1 Å². The molecule has 0 spiro atoms. The van der Waals surface area contributed by atoms with E-state index in [0.717, 1.165) is 11.1 Å². The lowest BCUT2D eigenvalue weighted by Crippen LogP contribution is -2.33. The van der Waals surface area contributed by atoms with Crippen molar-refractivity contribution in [3.05, 3.63) is 135 Å². The molecule has 0 saturated carbocycles. The van der Waals surface area contributed by atoms with Gasteiger partial charge in [0.2, 0.25) is 17.7 Å². The fraction of sp³-hybridized carbons (Fsp3) is 0.143. The average molecular weight is 588 g/mol. The molecule has 8 nitrogen and oxygen atoms in total. The lowest BCUT2D eigenvalue weighted by molar-refractivity contribution is -0.120. The highest BCUT2D eigenvalue weighted by Crippen LogP contribution is 2.45. The Morgan fingerprint density at radius 1 is 1.09 bits per heavy atom. The van der Waals surface area contributed by atoms with Gasteiger partial charge >= 0.3 is 5.63 Å². The van der Waals surface area contributed by atoms with Crippen LogP contribution in [0, 0.1) is 31.1 Å². The van der Waals surface area contributed by atoms with Crippen molar-refractivity contribution in [1.82, 2.24) is 10.3 Å². The molecule has 1 atom stereocenters. The number of para-hydroxylation sites is 1. The minimum Gasteiger partial charge on any atom is -0.496 e. The van der Waals surface area contributed by atoms with Gasteiger partial charge in [-0.05, 0) is 55.3 Å². The van der Waals surface area contributed by atoms with Gasteiger partial charge in [-0.3, -0.25) is 10.1 Å². The molecule has 1 unspecified atom stereocenters. The molecule has 0 radical (unpaired) electrons. The summed E-state index contributed by atoms with van der Waals surface area (Å²) in [5.41, 5.74) is 3.56. The number of amides is 1. The SMILES string of the molecule is COc1ccc(C2C(C#N)=C(NC(=O)Cc3cccc(C)c3)Oc3c2c(=O)oc2ccccc32)cc1-c1cnc(F)c(C)c1. The van der Waals surface area contributed by atoms with Gasteiger partial charge in [-0.2, -0.15) is 9.65 Å². The lowest BCUT2D eigenvalue weighted by atomic mass is 9.82. The fourth-order valence-electron chi connectivity index (χ4n) is 5.48. The summed E-state index contributed by atoms with van der Waals surface area (Å²) in [6, 6.07) is 23.4. The standard InChI is InChI=1S/C35H26FN3O5/c1-19-7-6-8-21(13-19)15-29(40)39-34-26(17-37)30(31-32(44-34)24-9-4-5-10-28(24)43-35(31)41)22-11-12-27(42-3)25(16-22)23-14-20(2)33(36)38-18-23/h4-14,16,18,30H,15H2,1-3H3,(H,39,40). The number of carbonyl (C=O) groups excluding carboxylic acids is 1. The number of methoxy groups -OCH3 is 1. The number of halogens is 1. The van der Waals surface area contributed by atoms with Crippen molar-refractivity contribution in [2.75, 3.05) is 7.11 Å². The van der Waals surface area contributed by atoms with Crippen LogP contribution in [0.25, 0.3) is 22.1 Å². The first-order valence-electron chi connectivity index (χ1n) is 13.8. The third kappa shape index (κ3) is 5.18. The monoisotopic (exact) mass is 587 g/mol. The van der Waals surface area contributed by atoms with E-state index in [9.17, 15) is 19.2 Å². The molecule has 0 aliphatic carbocycles. The molecule has 218 valence electrons. The summed E-state index contributed by atoms with van der Waals surface area (Å²) < 4.78 is 31.5. The number of fused-ring (bicyclic) bond motifs is 3. The molecule has 2 aromatic heterocycles. The van der Waals surface area contributed by atoms with Gasteiger partial charge in [-0.25, -0.2) is 9.78 Å². The number of ether oxygens (including phenoxy) is 2. The molecule has 1 aliphatic rings. The van der Waals surface area contributed by atoms with Gasteiger partial charge < -0.3 is 13.9 Å². The van der Waals surface area contributed by atoms with E-state index in [1.165, 1.54) is 13.3 Å². The number of nitrogens with zero attached hydrogens (tertiary/aromatic N) is 2. The van der Waals surface area contributed by atoms with Gasteiger partial charge in [0, 0.05) is 22.9 Å². The summed E-state index contributed by atoms with van der Waals surface area (Å²) in [5.74, 6) is -1.37. The zero-order chi connectivity index (χ0) is 31.0. The van der Waals surface area contributed by atoms with Gasteiger partial charge in [-0.1, -0.05) is 48.0 Å². The molecule has 1 amide bonds. The number of aryl methyl sites for hydroxylation is 2. The number of pyridine rings is 1. The Morgan fingerprint density at radius 3 is 2.66 bits per heavy atom. The van der Waals surface area contributed by atoms with Crippen LogP contribution in [0.4, 0.5) is 4.39 Å². The first-order chi connectivity index (χ1) is 21.3. The number of nitriles is 1. The van der Waals surface area contributed by atoms with Crippen molar-refractivity contribution in [2.24, 2.45) is 0 Å². The molecule has 0 fully saturated rings. The van der Waals surface area contributed by atoms with Crippen molar-refractivity contribution >= 4 is 16.9 Å². The van der Waals surface area contributed by atoms with Crippen LogP contribution >= 0.6 is 0 Å². The third-order valence-electron chi connectivity index (χ3n) is 7.53. The van der Waals surface area contributed by atoms with E-state index in [-0.39, 0.29) is 29.2 Å². The summed E-state index contributed by atoms with van der Waals surface area (Å²) in [5, 5.41) is 13.8. The van der Waals surface area contributed by atoms with E-state index < -0.39 is 23.4 Å². The van der Waals surface area contributed by atoms with Crippen LogP contribution in [0.15, 0.2) is 99.7 Å². The summed E-state index contributed by atoms with van der Waals surface area (Å²) in [6.07, 6.45) is 1.44. The molecule has 44 heavy (non-hydrogen) atoms. The van der Waals surface area contributed by atoms with Gasteiger partial charge in [0.15, 0.2) is 5.75 Å². The Labute approximate surface area is 252 Å². The smallest absolute Gasteiger partial charge is 0.344 e. The maximum Gasteiger partial charge on any atom is 0.344 e. The normalized spacial score (nSPS) is 14.0. The van der Waals surface area contributed by atoms with Crippen LogP contribution in [0.2, 0.25) is 0 Å². The van der Waals surface area contributed by atoms with Gasteiger partial charge in [0.1, 0.15) is 23.0 Å². The number of hydrogen-bond donors (Lipinski definition) is 1. The minimum atomic E-state index is -0.974. The van der Waals surface area contributed by atoms with Gasteiger partial charge in [0.25, 0.3) is 0 Å². The lowest BCUT2D eigenvalue weighted by Gasteiger charge is -2.28. The molecule has 9 heteroatoms. The molecule has 3 heterocycles. The number of hydrogen-bond acceptors (Lipinski definition) is 7. The third-order valence-corrected chi connectivity index (χ3v) is 7.53. The number of rotatable bonds is 6. The second-order valence-electron chi connectivity index (χ2n) is 10.5. The Bertz CT molecular complexity index is 2090.